The number of carboxylic acids is 2. The van der Waals surface area contributed by atoms with Crippen LogP contribution in [0, 0.1) is 18.8 Å². The second kappa shape index (κ2) is 11.3. The smallest absolute Gasteiger partial charge is 0.349 e. The molecule has 1 aromatic heterocycles. The summed E-state index contributed by atoms with van der Waals surface area (Å²) in [7, 11) is 0. The van der Waals surface area contributed by atoms with Crippen molar-refractivity contribution in [1.29, 1.82) is 0 Å². The highest BCUT2D eigenvalue weighted by Gasteiger charge is 2.31. The minimum atomic E-state index is -1.13. The SMILES string of the molecule is Cc1c(-c2cccc(NC(C3CCCCC3)C3CCCCC3)c2)sc(C(=O)O)c1OCC(=O)O. The first-order valence-electron chi connectivity index (χ1n) is 12.5. The van der Waals surface area contributed by atoms with Gasteiger partial charge in [-0.25, -0.2) is 9.59 Å². The molecule has 1 heterocycles. The maximum Gasteiger partial charge on any atom is 0.349 e. The van der Waals surface area contributed by atoms with Crippen LogP contribution in [0.5, 0.6) is 5.75 Å². The van der Waals surface area contributed by atoms with Crippen molar-refractivity contribution in [3.05, 3.63) is 34.7 Å². The van der Waals surface area contributed by atoms with Gasteiger partial charge >= 0.3 is 11.9 Å². The summed E-state index contributed by atoms with van der Waals surface area (Å²) in [5.41, 5.74) is 2.65. The number of thiophene rings is 1. The number of aromatic carboxylic acids is 1. The number of hydrogen-bond acceptors (Lipinski definition) is 5. The van der Waals surface area contributed by atoms with Crippen molar-refractivity contribution in [3.63, 3.8) is 0 Å². The first-order valence-corrected chi connectivity index (χ1v) is 13.3. The molecule has 3 N–H and O–H groups in total. The van der Waals surface area contributed by atoms with Crippen molar-refractivity contribution in [3.8, 4) is 16.2 Å². The van der Waals surface area contributed by atoms with E-state index in [-0.39, 0.29) is 10.6 Å². The molecule has 2 aliphatic carbocycles. The highest BCUT2D eigenvalue weighted by Crippen LogP contribution is 2.43. The summed E-state index contributed by atoms with van der Waals surface area (Å²) in [4.78, 5) is 23.6. The highest BCUT2D eigenvalue weighted by atomic mass is 32.1. The molecule has 0 radical (unpaired) electrons. The zero-order chi connectivity index (χ0) is 24.1. The van der Waals surface area contributed by atoms with Crippen molar-refractivity contribution in [2.45, 2.75) is 77.2 Å². The molecule has 2 aliphatic rings. The molecule has 0 aliphatic heterocycles. The maximum atomic E-state index is 11.8. The Morgan fingerprint density at radius 3 is 2.21 bits per heavy atom. The molecular weight excluding hydrogens is 450 g/mol. The Bertz CT molecular complexity index is 986. The molecule has 0 atom stereocenters. The van der Waals surface area contributed by atoms with E-state index in [1.807, 2.05) is 12.1 Å². The third-order valence-corrected chi connectivity index (χ3v) is 8.71. The van der Waals surface area contributed by atoms with Gasteiger partial charge in [-0.3, -0.25) is 0 Å². The molecule has 1 aromatic carbocycles. The molecule has 0 amide bonds. The number of rotatable bonds is 9. The Morgan fingerprint density at radius 2 is 1.65 bits per heavy atom. The third kappa shape index (κ3) is 5.74. The van der Waals surface area contributed by atoms with Gasteiger partial charge in [0.2, 0.25) is 0 Å². The van der Waals surface area contributed by atoms with E-state index >= 15 is 0 Å². The second-order valence-electron chi connectivity index (χ2n) is 9.75. The lowest BCUT2D eigenvalue weighted by Gasteiger charge is -2.39. The van der Waals surface area contributed by atoms with Crippen molar-refractivity contribution in [1.82, 2.24) is 0 Å². The van der Waals surface area contributed by atoms with E-state index in [0.29, 0.717) is 23.4 Å². The van der Waals surface area contributed by atoms with Crippen LogP contribution < -0.4 is 10.1 Å². The molecule has 2 aromatic rings. The molecule has 0 unspecified atom stereocenters. The normalized spacial score (nSPS) is 17.6. The summed E-state index contributed by atoms with van der Waals surface area (Å²) in [5.74, 6) is -0.678. The van der Waals surface area contributed by atoms with E-state index < -0.39 is 18.5 Å². The zero-order valence-corrected chi connectivity index (χ0v) is 20.7. The Balaban J connectivity index is 1.61. The Labute approximate surface area is 205 Å². The number of carboxylic acid groups (broad SMARTS) is 2. The fourth-order valence-corrected chi connectivity index (χ4v) is 6.86. The fraction of sp³-hybridized carbons (Fsp3) is 0.556. The van der Waals surface area contributed by atoms with Gasteiger partial charge in [0.05, 0.1) is 0 Å². The summed E-state index contributed by atoms with van der Waals surface area (Å²) >= 11 is 1.14. The van der Waals surface area contributed by atoms with E-state index in [4.69, 9.17) is 9.84 Å². The van der Waals surface area contributed by atoms with Crippen LogP contribution in [0.3, 0.4) is 0 Å². The molecule has 0 saturated heterocycles. The van der Waals surface area contributed by atoms with Crippen molar-refractivity contribution in [2.75, 3.05) is 11.9 Å². The van der Waals surface area contributed by atoms with Gasteiger partial charge in [-0.1, -0.05) is 50.7 Å². The Morgan fingerprint density at radius 1 is 1.03 bits per heavy atom. The van der Waals surface area contributed by atoms with Gasteiger partial charge in [0, 0.05) is 22.2 Å². The lowest BCUT2D eigenvalue weighted by Crippen LogP contribution is -2.38. The van der Waals surface area contributed by atoms with Crippen molar-refractivity contribution in [2.24, 2.45) is 11.8 Å². The van der Waals surface area contributed by atoms with Crippen LogP contribution in [-0.4, -0.2) is 34.8 Å². The molecule has 7 heteroatoms. The largest absolute Gasteiger partial charge is 0.480 e. The molecule has 0 bridgehead atoms. The molecule has 34 heavy (non-hydrogen) atoms. The van der Waals surface area contributed by atoms with Crippen LogP contribution in [0.15, 0.2) is 24.3 Å². The Hall–Kier alpha value is -2.54. The summed E-state index contributed by atoms with van der Waals surface area (Å²) in [6.07, 6.45) is 13.2. The highest BCUT2D eigenvalue weighted by molar-refractivity contribution is 7.18. The number of anilines is 1. The fourth-order valence-electron chi connectivity index (χ4n) is 5.77. The van der Waals surface area contributed by atoms with Gasteiger partial charge in [-0.05, 0) is 62.1 Å². The van der Waals surface area contributed by atoms with Crippen LogP contribution in [0.2, 0.25) is 0 Å². The predicted octanol–water partition coefficient (Wildman–Crippen LogP) is 6.83. The first-order chi connectivity index (χ1) is 16.4. The zero-order valence-electron chi connectivity index (χ0n) is 19.8. The lowest BCUT2D eigenvalue weighted by atomic mass is 9.73. The van der Waals surface area contributed by atoms with Gasteiger partial charge in [-0.2, -0.15) is 0 Å². The minimum absolute atomic E-state index is 0.0365. The van der Waals surface area contributed by atoms with E-state index in [0.717, 1.165) is 27.5 Å². The molecular formula is C27H35NO5S. The predicted molar refractivity (Wildman–Crippen MR) is 135 cm³/mol. The van der Waals surface area contributed by atoms with E-state index in [2.05, 4.69) is 17.4 Å². The van der Waals surface area contributed by atoms with E-state index in [1.54, 1.807) is 6.92 Å². The number of ether oxygens (including phenoxy) is 1. The van der Waals surface area contributed by atoms with E-state index in [1.165, 1.54) is 64.2 Å². The Kier molecular flexibility index (Phi) is 8.14. The van der Waals surface area contributed by atoms with Crippen molar-refractivity contribution < 1.29 is 24.5 Å². The number of benzene rings is 1. The average Bonchev–Trinajstić information content (AvgIpc) is 3.19. The number of hydrogen-bond donors (Lipinski definition) is 3. The molecule has 4 rings (SSSR count). The minimum Gasteiger partial charge on any atom is -0.480 e. The molecule has 0 spiro atoms. The standard InChI is InChI=1S/C27H35NO5S/c1-17-24(33-16-22(29)30)26(27(31)32)34-25(17)20-13-8-14-21(15-20)28-23(18-9-4-2-5-10-18)19-11-6-3-7-12-19/h8,13-15,18-19,23,28H,2-7,9-12,16H2,1H3,(H,29,30)(H,31,32). The van der Waals surface area contributed by atoms with Crippen LogP contribution in [0.4, 0.5) is 5.69 Å². The van der Waals surface area contributed by atoms with Gasteiger partial charge in [0.15, 0.2) is 11.5 Å². The summed E-state index contributed by atoms with van der Waals surface area (Å²) in [6.45, 7) is 1.23. The van der Waals surface area contributed by atoms with Gasteiger partial charge in [-0.15, -0.1) is 11.3 Å². The van der Waals surface area contributed by atoms with E-state index in [9.17, 15) is 14.7 Å². The van der Waals surface area contributed by atoms with Crippen LogP contribution in [0.25, 0.3) is 10.4 Å². The average molecular weight is 486 g/mol. The van der Waals surface area contributed by atoms with Gasteiger partial charge < -0.3 is 20.3 Å². The number of aliphatic carboxylic acids is 1. The second-order valence-corrected chi connectivity index (χ2v) is 10.8. The van der Waals surface area contributed by atoms with Crippen LogP contribution in [0.1, 0.15) is 79.4 Å². The van der Waals surface area contributed by atoms with Crippen molar-refractivity contribution >= 4 is 29.0 Å². The summed E-state index contributed by atoms with van der Waals surface area (Å²) in [5, 5.41) is 22.5. The third-order valence-electron chi connectivity index (χ3n) is 7.40. The lowest BCUT2D eigenvalue weighted by molar-refractivity contribution is -0.139. The summed E-state index contributed by atoms with van der Waals surface area (Å²) in [6, 6.07) is 8.67. The topological polar surface area (TPSA) is 95.9 Å². The first kappa shape index (κ1) is 24.6. The van der Waals surface area contributed by atoms with Gasteiger partial charge in [0.1, 0.15) is 5.75 Å². The maximum absolute atomic E-state index is 11.8. The van der Waals surface area contributed by atoms with Gasteiger partial charge in [0.25, 0.3) is 0 Å². The summed E-state index contributed by atoms with van der Waals surface area (Å²) < 4.78 is 5.36. The number of nitrogens with one attached hydrogen (secondary N) is 1. The molecule has 6 nitrogen and oxygen atoms in total. The van der Waals surface area contributed by atoms with Crippen LogP contribution in [-0.2, 0) is 4.79 Å². The van der Waals surface area contributed by atoms with Crippen LogP contribution >= 0.6 is 11.3 Å². The number of carbonyl (C=O) groups is 2. The molecule has 2 saturated carbocycles. The monoisotopic (exact) mass is 485 g/mol. The quantitative estimate of drug-likeness (QED) is 0.360. The molecule has 2 fully saturated rings. The molecule has 184 valence electrons.